The van der Waals surface area contributed by atoms with Gasteiger partial charge in [0, 0.05) is 16.1 Å². The van der Waals surface area contributed by atoms with E-state index >= 15 is 0 Å². The zero-order valence-corrected chi connectivity index (χ0v) is 15.0. The predicted octanol–water partition coefficient (Wildman–Crippen LogP) is 3.36. The molecule has 2 rings (SSSR count). The van der Waals surface area contributed by atoms with E-state index in [-0.39, 0.29) is 11.6 Å². The van der Waals surface area contributed by atoms with Gasteiger partial charge in [0.2, 0.25) is 0 Å². The lowest BCUT2D eigenvalue weighted by molar-refractivity contribution is -0.144. The number of rotatable bonds is 8. The molecule has 0 aromatic heterocycles. The molecule has 0 unspecified atom stereocenters. The van der Waals surface area contributed by atoms with Crippen LogP contribution in [-0.4, -0.2) is 37.9 Å². The molecule has 0 heterocycles. The van der Waals surface area contributed by atoms with Gasteiger partial charge in [-0.25, -0.2) is 4.79 Å². The molecule has 0 saturated heterocycles. The number of hydrogen-bond donors (Lipinski definition) is 0. The van der Waals surface area contributed by atoms with E-state index in [0.29, 0.717) is 27.6 Å². The van der Waals surface area contributed by atoms with E-state index in [1.165, 1.54) is 26.2 Å². The molecule has 136 valence electrons. The largest absolute Gasteiger partial charge is 0.493 e. The molecular weight excluding hydrogens is 360 g/mol. The van der Waals surface area contributed by atoms with Gasteiger partial charge in [0.05, 0.1) is 7.11 Å². The third kappa shape index (κ3) is 5.32. The molecule has 0 fully saturated rings. The Kier molecular flexibility index (Phi) is 6.74. The summed E-state index contributed by atoms with van der Waals surface area (Å²) in [6.45, 7) is 0.637. The van der Waals surface area contributed by atoms with Crippen molar-refractivity contribution in [2.45, 2.75) is 6.92 Å². The summed E-state index contributed by atoms with van der Waals surface area (Å²) < 4.78 is 15.4. The maximum Gasteiger partial charge on any atom is 0.344 e. The normalized spacial score (nSPS) is 10.1. The van der Waals surface area contributed by atoms with E-state index in [1.54, 1.807) is 30.3 Å². The van der Waals surface area contributed by atoms with Crippen LogP contribution in [0, 0.1) is 0 Å². The van der Waals surface area contributed by atoms with Gasteiger partial charge in [-0.3, -0.25) is 9.59 Å². The highest BCUT2D eigenvalue weighted by Gasteiger charge is 2.13. The van der Waals surface area contributed by atoms with Crippen LogP contribution in [0.3, 0.4) is 0 Å². The predicted molar refractivity (Wildman–Crippen MR) is 95.2 cm³/mol. The Bertz CT molecular complexity index is 813. The molecule has 0 aliphatic heterocycles. The zero-order chi connectivity index (χ0) is 19.1. The first-order valence-corrected chi connectivity index (χ1v) is 8.04. The van der Waals surface area contributed by atoms with Crippen molar-refractivity contribution in [2.24, 2.45) is 0 Å². The second-order valence-electron chi connectivity index (χ2n) is 5.30. The SMILES string of the molecule is COc1cc(C(C)=O)ccc1OCC(=O)OCC(=O)c1ccc(Cl)cc1. The molecule has 7 heteroatoms. The summed E-state index contributed by atoms with van der Waals surface area (Å²) in [7, 11) is 1.43. The van der Waals surface area contributed by atoms with Crippen molar-refractivity contribution < 1.29 is 28.6 Å². The third-order valence-electron chi connectivity index (χ3n) is 3.45. The minimum absolute atomic E-state index is 0.116. The van der Waals surface area contributed by atoms with Crippen molar-refractivity contribution in [1.82, 2.24) is 0 Å². The van der Waals surface area contributed by atoms with Crippen LogP contribution in [0.5, 0.6) is 11.5 Å². The third-order valence-corrected chi connectivity index (χ3v) is 3.70. The van der Waals surface area contributed by atoms with Gasteiger partial charge in [0.1, 0.15) is 0 Å². The fraction of sp³-hybridized carbons (Fsp3) is 0.211. The Morgan fingerprint density at radius 1 is 0.923 bits per heavy atom. The molecule has 0 radical (unpaired) electrons. The molecule has 26 heavy (non-hydrogen) atoms. The lowest BCUT2D eigenvalue weighted by atomic mass is 10.1. The molecule has 0 atom stereocenters. The average molecular weight is 377 g/mol. The molecule has 6 nitrogen and oxygen atoms in total. The summed E-state index contributed by atoms with van der Waals surface area (Å²) in [5.41, 5.74) is 0.856. The van der Waals surface area contributed by atoms with Crippen LogP contribution < -0.4 is 9.47 Å². The summed E-state index contributed by atoms with van der Waals surface area (Å²) >= 11 is 5.75. The maximum absolute atomic E-state index is 11.9. The summed E-state index contributed by atoms with van der Waals surface area (Å²) in [5, 5.41) is 0.511. The summed E-state index contributed by atoms with van der Waals surface area (Å²) in [6, 6.07) is 10.9. The van der Waals surface area contributed by atoms with Crippen LogP contribution in [0.4, 0.5) is 0 Å². The highest BCUT2D eigenvalue weighted by Crippen LogP contribution is 2.28. The number of Topliss-reactive ketones (excluding diaryl/α,β-unsaturated/α-hetero) is 2. The fourth-order valence-electron chi connectivity index (χ4n) is 2.05. The van der Waals surface area contributed by atoms with Gasteiger partial charge in [0.25, 0.3) is 0 Å². The topological polar surface area (TPSA) is 78.9 Å². The number of carbonyl (C=O) groups is 3. The van der Waals surface area contributed by atoms with Crippen LogP contribution in [-0.2, 0) is 9.53 Å². The number of methoxy groups -OCH3 is 1. The first-order valence-electron chi connectivity index (χ1n) is 7.67. The molecule has 0 aliphatic rings. The first kappa shape index (κ1) is 19.5. The lowest BCUT2D eigenvalue weighted by Gasteiger charge is -2.11. The quantitative estimate of drug-likeness (QED) is 0.519. The van der Waals surface area contributed by atoms with E-state index in [1.807, 2.05) is 0 Å². The number of esters is 1. The number of benzene rings is 2. The molecule has 0 N–H and O–H groups in total. The van der Waals surface area contributed by atoms with Gasteiger partial charge in [-0.2, -0.15) is 0 Å². The second-order valence-corrected chi connectivity index (χ2v) is 5.74. The molecule has 0 spiro atoms. The number of halogens is 1. The monoisotopic (exact) mass is 376 g/mol. The molecule has 2 aromatic rings. The highest BCUT2D eigenvalue weighted by atomic mass is 35.5. The molecule has 0 saturated carbocycles. The number of ketones is 2. The van der Waals surface area contributed by atoms with Crippen LogP contribution in [0.15, 0.2) is 42.5 Å². The van der Waals surface area contributed by atoms with E-state index < -0.39 is 19.2 Å². The Morgan fingerprint density at radius 2 is 1.58 bits per heavy atom. The molecule has 0 bridgehead atoms. The van der Waals surface area contributed by atoms with Crippen molar-refractivity contribution in [3.8, 4) is 11.5 Å². The minimum atomic E-state index is -0.704. The number of hydrogen-bond acceptors (Lipinski definition) is 6. The van der Waals surface area contributed by atoms with Gasteiger partial charge < -0.3 is 14.2 Å². The Balaban J connectivity index is 1.87. The molecule has 2 aromatic carbocycles. The number of ether oxygens (including phenoxy) is 3. The Hall–Kier alpha value is -2.86. The standard InChI is InChI=1S/C19H17ClO6/c1-12(21)14-5-8-17(18(9-14)24-2)25-11-19(23)26-10-16(22)13-3-6-15(20)7-4-13/h3-9H,10-11H2,1-2H3. The Labute approximate surface area is 155 Å². The van der Waals surface area contributed by atoms with Crippen molar-refractivity contribution in [1.29, 1.82) is 0 Å². The van der Waals surface area contributed by atoms with Gasteiger partial charge in [-0.1, -0.05) is 11.6 Å². The van der Waals surface area contributed by atoms with Gasteiger partial charge in [0.15, 0.2) is 36.3 Å². The van der Waals surface area contributed by atoms with Gasteiger partial charge >= 0.3 is 5.97 Å². The number of carbonyl (C=O) groups excluding carboxylic acids is 3. The van der Waals surface area contributed by atoms with Crippen molar-refractivity contribution in [3.05, 3.63) is 58.6 Å². The fourth-order valence-corrected chi connectivity index (χ4v) is 2.18. The smallest absolute Gasteiger partial charge is 0.344 e. The summed E-state index contributed by atoms with van der Waals surface area (Å²) in [5.74, 6) is -0.556. The first-order chi connectivity index (χ1) is 12.4. The van der Waals surface area contributed by atoms with E-state index in [4.69, 9.17) is 25.8 Å². The highest BCUT2D eigenvalue weighted by molar-refractivity contribution is 6.30. The van der Waals surface area contributed by atoms with Crippen molar-refractivity contribution in [2.75, 3.05) is 20.3 Å². The molecular formula is C19H17ClO6. The van der Waals surface area contributed by atoms with E-state index in [2.05, 4.69) is 0 Å². The zero-order valence-electron chi connectivity index (χ0n) is 14.3. The average Bonchev–Trinajstić information content (AvgIpc) is 2.64. The minimum Gasteiger partial charge on any atom is -0.493 e. The molecule has 0 amide bonds. The van der Waals surface area contributed by atoms with Crippen LogP contribution in [0.25, 0.3) is 0 Å². The van der Waals surface area contributed by atoms with Crippen LogP contribution in [0.1, 0.15) is 27.6 Å². The maximum atomic E-state index is 11.9. The molecule has 0 aliphatic carbocycles. The van der Waals surface area contributed by atoms with Crippen molar-refractivity contribution >= 4 is 29.1 Å². The van der Waals surface area contributed by atoms with Crippen molar-refractivity contribution in [3.63, 3.8) is 0 Å². The summed E-state index contributed by atoms with van der Waals surface area (Å²) in [6.07, 6.45) is 0. The lowest BCUT2D eigenvalue weighted by Crippen LogP contribution is -2.19. The summed E-state index contributed by atoms with van der Waals surface area (Å²) in [4.78, 5) is 35.1. The van der Waals surface area contributed by atoms with Gasteiger partial charge in [-0.05, 0) is 49.4 Å². The van der Waals surface area contributed by atoms with Crippen LogP contribution >= 0.6 is 11.6 Å². The van der Waals surface area contributed by atoms with E-state index in [9.17, 15) is 14.4 Å². The Morgan fingerprint density at radius 3 is 2.19 bits per heavy atom. The van der Waals surface area contributed by atoms with Gasteiger partial charge in [-0.15, -0.1) is 0 Å². The van der Waals surface area contributed by atoms with E-state index in [0.717, 1.165) is 0 Å². The van der Waals surface area contributed by atoms with Crippen LogP contribution in [0.2, 0.25) is 5.02 Å². The second kappa shape index (κ2) is 9.01.